The lowest BCUT2D eigenvalue weighted by Crippen LogP contribution is -2.27. The van der Waals surface area contributed by atoms with Crippen molar-refractivity contribution in [2.24, 2.45) is 4.99 Å². The van der Waals surface area contributed by atoms with Crippen molar-refractivity contribution in [1.82, 2.24) is 15.3 Å². The number of carbonyl (C=O) groups is 1. The standard InChI is InChI=1S/C18H16N4OS3/c1-10-11(2)25-16-14(10)17(21-9-20-16)26-13-6-4-3-5-12(13)15(23)22-18-19-7-8-24-18/h3-6,9H,7-8H2,1-2H3,(H,19,22,23). The molecule has 0 bridgehead atoms. The highest BCUT2D eigenvalue weighted by Gasteiger charge is 2.18. The molecule has 2 aromatic heterocycles. The van der Waals surface area contributed by atoms with Crippen molar-refractivity contribution >= 4 is 56.2 Å². The summed E-state index contributed by atoms with van der Waals surface area (Å²) in [4.78, 5) is 29.0. The fraction of sp³-hybridized carbons (Fsp3) is 0.222. The average molecular weight is 401 g/mol. The minimum Gasteiger partial charge on any atom is -0.301 e. The smallest absolute Gasteiger partial charge is 0.258 e. The number of hydrogen-bond acceptors (Lipinski definition) is 7. The van der Waals surface area contributed by atoms with E-state index in [2.05, 4.69) is 34.1 Å². The summed E-state index contributed by atoms with van der Waals surface area (Å²) >= 11 is 4.75. The van der Waals surface area contributed by atoms with E-state index in [0.29, 0.717) is 10.7 Å². The van der Waals surface area contributed by atoms with Gasteiger partial charge in [-0.25, -0.2) is 9.97 Å². The summed E-state index contributed by atoms with van der Waals surface area (Å²) in [6.45, 7) is 4.94. The molecule has 8 heteroatoms. The highest BCUT2D eigenvalue weighted by atomic mass is 32.2. The molecule has 0 atom stereocenters. The fourth-order valence-electron chi connectivity index (χ4n) is 2.65. The number of hydrogen-bond donors (Lipinski definition) is 1. The zero-order valence-electron chi connectivity index (χ0n) is 14.3. The molecule has 1 amide bonds. The largest absolute Gasteiger partial charge is 0.301 e. The number of nitrogens with one attached hydrogen (secondary N) is 1. The van der Waals surface area contributed by atoms with Gasteiger partial charge >= 0.3 is 0 Å². The number of aliphatic imine (C=N–C) groups is 1. The molecule has 132 valence electrons. The van der Waals surface area contributed by atoms with Gasteiger partial charge in [-0.3, -0.25) is 9.79 Å². The van der Waals surface area contributed by atoms with Gasteiger partial charge in [0.1, 0.15) is 16.2 Å². The third-order valence-electron chi connectivity index (χ3n) is 4.07. The molecule has 1 aliphatic heterocycles. The van der Waals surface area contributed by atoms with Crippen LogP contribution in [0.3, 0.4) is 0 Å². The van der Waals surface area contributed by atoms with Gasteiger partial charge in [0.2, 0.25) is 0 Å². The third kappa shape index (κ3) is 3.36. The van der Waals surface area contributed by atoms with Gasteiger partial charge in [0.15, 0.2) is 5.17 Å². The van der Waals surface area contributed by atoms with Crippen molar-refractivity contribution in [2.75, 3.05) is 12.3 Å². The predicted molar refractivity (Wildman–Crippen MR) is 110 cm³/mol. The second kappa shape index (κ2) is 7.38. The number of benzene rings is 1. The summed E-state index contributed by atoms with van der Waals surface area (Å²) in [5.74, 6) is 0.784. The number of aryl methyl sites for hydroxylation is 2. The summed E-state index contributed by atoms with van der Waals surface area (Å²) in [5, 5.41) is 5.56. The summed E-state index contributed by atoms with van der Waals surface area (Å²) in [7, 11) is 0. The number of amidine groups is 1. The van der Waals surface area contributed by atoms with Gasteiger partial charge in [-0.15, -0.1) is 11.3 Å². The normalized spacial score (nSPS) is 13.8. The van der Waals surface area contributed by atoms with E-state index in [4.69, 9.17) is 0 Å². The second-order valence-electron chi connectivity index (χ2n) is 5.73. The SMILES string of the molecule is Cc1sc2ncnc(Sc3ccccc3C(=O)NC3=NCCS3)c2c1C. The Labute approximate surface area is 163 Å². The highest BCUT2D eigenvalue weighted by molar-refractivity contribution is 8.14. The van der Waals surface area contributed by atoms with E-state index in [1.807, 2.05) is 24.3 Å². The highest BCUT2D eigenvalue weighted by Crippen LogP contribution is 2.38. The van der Waals surface area contributed by atoms with E-state index >= 15 is 0 Å². The second-order valence-corrected chi connectivity index (χ2v) is 9.05. The van der Waals surface area contributed by atoms with Gasteiger partial charge in [-0.1, -0.05) is 35.7 Å². The van der Waals surface area contributed by atoms with Gasteiger partial charge in [0, 0.05) is 20.9 Å². The number of aromatic nitrogens is 2. The van der Waals surface area contributed by atoms with Gasteiger partial charge in [-0.05, 0) is 31.5 Å². The van der Waals surface area contributed by atoms with Crippen LogP contribution in [0.15, 0.2) is 45.5 Å². The molecule has 0 unspecified atom stereocenters. The Morgan fingerprint density at radius 3 is 2.88 bits per heavy atom. The van der Waals surface area contributed by atoms with Crippen LogP contribution in [0.4, 0.5) is 0 Å². The Hall–Kier alpha value is -1.90. The molecule has 0 aliphatic carbocycles. The predicted octanol–water partition coefficient (Wildman–Crippen LogP) is 4.29. The molecule has 0 fully saturated rings. The van der Waals surface area contributed by atoms with Crippen molar-refractivity contribution < 1.29 is 4.79 Å². The minimum absolute atomic E-state index is 0.134. The van der Waals surface area contributed by atoms with Gasteiger partial charge in [-0.2, -0.15) is 0 Å². The van der Waals surface area contributed by atoms with Crippen LogP contribution in [0, 0.1) is 13.8 Å². The maximum atomic E-state index is 12.7. The number of thioether (sulfide) groups is 1. The van der Waals surface area contributed by atoms with Crippen LogP contribution in [-0.2, 0) is 0 Å². The molecule has 0 saturated carbocycles. The molecule has 0 radical (unpaired) electrons. The van der Waals surface area contributed by atoms with Gasteiger partial charge in [0.25, 0.3) is 5.91 Å². The first-order valence-corrected chi connectivity index (χ1v) is 10.7. The lowest BCUT2D eigenvalue weighted by atomic mass is 10.2. The average Bonchev–Trinajstić information content (AvgIpc) is 3.24. The topological polar surface area (TPSA) is 67.2 Å². The molecule has 0 spiro atoms. The van der Waals surface area contributed by atoms with Crippen LogP contribution in [0.2, 0.25) is 0 Å². The third-order valence-corrected chi connectivity index (χ3v) is 7.16. The van der Waals surface area contributed by atoms with E-state index in [9.17, 15) is 4.79 Å². The molecule has 1 N–H and O–H groups in total. The number of thiophene rings is 1. The van der Waals surface area contributed by atoms with Gasteiger partial charge in [0.05, 0.1) is 12.1 Å². The maximum Gasteiger partial charge on any atom is 0.258 e. The Morgan fingerprint density at radius 1 is 1.23 bits per heavy atom. The first-order chi connectivity index (χ1) is 12.6. The maximum absolute atomic E-state index is 12.7. The number of rotatable bonds is 3. The molecular weight excluding hydrogens is 384 g/mol. The van der Waals surface area contributed by atoms with Gasteiger partial charge < -0.3 is 5.32 Å². The lowest BCUT2D eigenvalue weighted by molar-refractivity contribution is 0.0975. The number of nitrogens with zero attached hydrogens (tertiary/aromatic N) is 3. The molecule has 5 nitrogen and oxygen atoms in total. The Kier molecular flexibility index (Phi) is 4.97. The number of carbonyl (C=O) groups excluding carboxylic acids is 1. The van der Waals surface area contributed by atoms with E-state index < -0.39 is 0 Å². The van der Waals surface area contributed by atoms with E-state index in [0.717, 1.165) is 32.4 Å². The van der Waals surface area contributed by atoms with E-state index in [1.165, 1.54) is 22.2 Å². The van der Waals surface area contributed by atoms with Crippen molar-refractivity contribution in [3.8, 4) is 0 Å². The van der Waals surface area contributed by atoms with Crippen LogP contribution >= 0.6 is 34.9 Å². The molecule has 0 saturated heterocycles. The van der Waals surface area contributed by atoms with Crippen LogP contribution < -0.4 is 5.32 Å². The van der Waals surface area contributed by atoms with Crippen LogP contribution in [0.25, 0.3) is 10.2 Å². The quantitative estimate of drug-likeness (QED) is 0.664. The van der Waals surface area contributed by atoms with Crippen LogP contribution in [0.5, 0.6) is 0 Å². The van der Waals surface area contributed by atoms with Crippen molar-refractivity contribution in [2.45, 2.75) is 23.8 Å². The minimum atomic E-state index is -0.134. The summed E-state index contributed by atoms with van der Waals surface area (Å²) in [6, 6.07) is 7.59. The molecule has 26 heavy (non-hydrogen) atoms. The van der Waals surface area contributed by atoms with Crippen LogP contribution in [0.1, 0.15) is 20.8 Å². The molecular formula is C18H16N4OS3. The first-order valence-electron chi connectivity index (χ1n) is 8.09. The van der Waals surface area contributed by atoms with Crippen molar-refractivity contribution in [3.05, 3.63) is 46.6 Å². The molecule has 4 rings (SSSR count). The first kappa shape index (κ1) is 17.5. The Bertz CT molecular complexity index is 1030. The van der Waals surface area contributed by atoms with Crippen molar-refractivity contribution in [1.29, 1.82) is 0 Å². The van der Waals surface area contributed by atoms with E-state index in [1.54, 1.807) is 29.4 Å². The fourth-order valence-corrected chi connectivity index (χ4v) is 5.51. The lowest BCUT2D eigenvalue weighted by Gasteiger charge is -2.10. The van der Waals surface area contributed by atoms with Crippen molar-refractivity contribution in [3.63, 3.8) is 0 Å². The zero-order chi connectivity index (χ0) is 18.1. The number of fused-ring (bicyclic) bond motifs is 1. The Balaban J connectivity index is 1.68. The van der Waals surface area contributed by atoms with Crippen LogP contribution in [-0.4, -0.2) is 33.3 Å². The summed E-state index contributed by atoms with van der Waals surface area (Å²) in [6.07, 6.45) is 1.59. The van der Waals surface area contributed by atoms with E-state index in [-0.39, 0.29) is 5.91 Å². The molecule has 1 aromatic carbocycles. The zero-order valence-corrected chi connectivity index (χ0v) is 16.7. The molecule has 3 heterocycles. The molecule has 3 aromatic rings. The number of amides is 1. The summed E-state index contributed by atoms with van der Waals surface area (Å²) < 4.78 is 0. The molecule has 1 aliphatic rings. The Morgan fingerprint density at radius 2 is 2.08 bits per heavy atom. The monoisotopic (exact) mass is 400 g/mol. The summed E-state index contributed by atoms with van der Waals surface area (Å²) in [5.41, 5.74) is 1.83.